The average Bonchev–Trinajstić information content (AvgIpc) is 2.36. The number of benzene rings is 1. The van der Waals surface area contributed by atoms with Crippen molar-refractivity contribution in [2.75, 3.05) is 18.7 Å². The van der Waals surface area contributed by atoms with Gasteiger partial charge in [-0.05, 0) is 31.3 Å². The second-order valence-corrected chi connectivity index (χ2v) is 5.33. The van der Waals surface area contributed by atoms with E-state index < -0.39 is 7.58 Å². The minimum Gasteiger partial charge on any atom is -0.458 e. The fourth-order valence-electron chi connectivity index (χ4n) is 1.07. The second kappa shape index (κ2) is 7.28. The van der Waals surface area contributed by atoms with Gasteiger partial charge in [0.15, 0.2) is 7.58 Å². The van der Waals surface area contributed by atoms with Crippen LogP contribution in [0.5, 0.6) is 0 Å². The normalized spacial score (nSPS) is 11.6. The SMILES string of the molecule is C=CCOC(=O)c1ccc(NP(Cl)NC)cc1. The lowest BCUT2D eigenvalue weighted by Gasteiger charge is -2.11. The van der Waals surface area contributed by atoms with Crippen molar-refractivity contribution in [2.24, 2.45) is 0 Å². The van der Waals surface area contributed by atoms with Gasteiger partial charge in [-0.3, -0.25) is 5.09 Å². The first-order valence-electron chi connectivity index (χ1n) is 4.95. The smallest absolute Gasteiger partial charge is 0.338 e. The number of nitrogens with one attached hydrogen (secondary N) is 2. The molecule has 2 N–H and O–H groups in total. The molecule has 0 bridgehead atoms. The molecule has 17 heavy (non-hydrogen) atoms. The lowest BCUT2D eigenvalue weighted by atomic mass is 10.2. The molecule has 1 unspecified atom stereocenters. The Labute approximate surface area is 107 Å². The van der Waals surface area contributed by atoms with E-state index in [-0.39, 0.29) is 12.6 Å². The van der Waals surface area contributed by atoms with E-state index in [1.807, 2.05) is 0 Å². The number of hydrogen-bond donors (Lipinski definition) is 2. The zero-order valence-electron chi connectivity index (χ0n) is 9.44. The molecule has 0 saturated carbocycles. The van der Waals surface area contributed by atoms with Crippen LogP contribution in [-0.2, 0) is 4.74 Å². The molecule has 0 radical (unpaired) electrons. The highest BCUT2D eigenvalue weighted by Crippen LogP contribution is 2.35. The largest absolute Gasteiger partial charge is 0.458 e. The van der Waals surface area contributed by atoms with Gasteiger partial charge >= 0.3 is 5.97 Å². The van der Waals surface area contributed by atoms with Crippen molar-refractivity contribution in [1.82, 2.24) is 5.09 Å². The fourth-order valence-corrected chi connectivity index (χ4v) is 1.85. The minimum absolute atomic E-state index is 0.214. The molecule has 0 aliphatic carbocycles. The van der Waals surface area contributed by atoms with Crippen molar-refractivity contribution in [2.45, 2.75) is 0 Å². The van der Waals surface area contributed by atoms with Gasteiger partial charge in [0.2, 0.25) is 0 Å². The summed E-state index contributed by atoms with van der Waals surface area (Å²) in [5.41, 5.74) is 1.35. The first kappa shape index (κ1) is 14.0. The lowest BCUT2D eigenvalue weighted by molar-refractivity contribution is 0.0550. The lowest BCUT2D eigenvalue weighted by Crippen LogP contribution is -2.05. The monoisotopic (exact) mass is 272 g/mol. The molecule has 0 aliphatic rings. The molecular weight excluding hydrogens is 259 g/mol. The number of ether oxygens (including phenoxy) is 1. The van der Waals surface area contributed by atoms with Crippen LogP contribution in [0.3, 0.4) is 0 Å². The summed E-state index contributed by atoms with van der Waals surface area (Å²) in [6, 6.07) is 6.92. The molecule has 0 spiro atoms. The highest BCUT2D eigenvalue weighted by atomic mass is 35.7. The summed E-state index contributed by atoms with van der Waals surface area (Å²) < 4.78 is 4.91. The van der Waals surface area contributed by atoms with Crippen molar-refractivity contribution < 1.29 is 9.53 Å². The van der Waals surface area contributed by atoms with E-state index in [0.717, 1.165) is 5.69 Å². The molecule has 0 aliphatic heterocycles. The summed E-state index contributed by atoms with van der Waals surface area (Å²) in [6.45, 7) is 3.69. The summed E-state index contributed by atoms with van der Waals surface area (Å²) in [5.74, 6) is -0.363. The first-order chi connectivity index (χ1) is 8.17. The summed E-state index contributed by atoms with van der Waals surface area (Å²) in [5, 5.41) is 5.95. The number of carbonyl (C=O) groups is 1. The van der Waals surface area contributed by atoms with E-state index in [1.54, 1.807) is 31.3 Å². The third-order valence-electron chi connectivity index (χ3n) is 1.88. The van der Waals surface area contributed by atoms with Gasteiger partial charge in [0.1, 0.15) is 6.61 Å². The van der Waals surface area contributed by atoms with Gasteiger partial charge < -0.3 is 9.82 Å². The van der Waals surface area contributed by atoms with Crippen molar-refractivity contribution in [3.8, 4) is 0 Å². The van der Waals surface area contributed by atoms with Crippen molar-refractivity contribution in [3.63, 3.8) is 0 Å². The van der Waals surface area contributed by atoms with Gasteiger partial charge in [0.05, 0.1) is 5.56 Å². The molecule has 1 atom stereocenters. The van der Waals surface area contributed by atoms with Gasteiger partial charge in [-0.15, -0.1) is 0 Å². The van der Waals surface area contributed by atoms with Crippen LogP contribution in [0.25, 0.3) is 0 Å². The van der Waals surface area contributed by atoms with E-state index >= 15 is 0 Å². The van der Waals surface area contributed by atoms with E-state index in [2.05, 4.69) is 16.8 Å². The van der Waals surface area contributed by atoms with E-state index in [0.29, 0.717) is 5.56 Å². The second-order valence-electron chi connectivity index (χ2n) is 3.08. The molecule has 0 heterocycles. The number of anilines is 1. The van der Waals surface area contributed by atoms with Crippen LogP contribution in [0, 0.1) is 0 Å². The maximum absolute atomic E-state index is 11.5. The van der Waals surface area contributed by atoms with Crippen LogP contribution in [0.2, 0.25) is 0 Å². The minimum atomic E-state index is -0.946. The van der Waals surface area contributed by atoms with Gasteiger partial charge in [-0.2, -0.15) is 0 Å². The Morgan fingerprint density at radius 2 is 2.18 bits per heavy atom. The number of hydrogen-bond acceptors (Lipinski definition) is 4. The molecule has 1 rings (SSSR count). The Hall–Kier alpha value is -1.09. The molecule has 0 aromatic heterocycles. The molecule has 0 amide bonds. The van der Waals surface area contributed by atoms with E-state index in [1.165, 1.54) is 6.08 Å². The van der Waals surface area contributed by atoms with Crippen molar-refractivity contribution in [1.29, 1.82) is 0 Å². The van der Waals surface area contributed by atoms with Gasteiger partial charge in [-0.1, -0.05) is 23.9 Å². The standard InChI is InChI=1S/C11H14ClN2O2P/c1-3-8-16-11(15)9-4-6-10(7-5-9)14-17(12)13-2/h3-7,13-14H,1,8H2,2H3. The zero-order valence-corrected chi connectivity index (χ0v) is 11.1. The molecule has 4 nitrogen and oxygen atoms in total. The zero-order chi connectivity index (χ0) is 12.7. The van der Waals surface area contributed by atoms with Crippen LogP contribution >= 0.6 is 18.8 Å². The maximum atomic E-state index is 11.5. The predicted octanol–water partition coefficient (Wildman–Crippen LogP) is 3.13. The summed E-state index contributed by atoms with van der Waals surface area (Å²) in [7, 11) is 0.824. The van der Waals surface area contributed by atoms with Gasteiger partial charge in [-0.25, -0.2) is 4.79 Å². The van der Waals surface area contributed by atoms with Crippen molar-refractivity contribution in [3.05, 3.63) is 42.5 Å². The predicted molar refractivity (Wildman–Crippen MR) is 72.4 cm³/mol. The summed E-state index contributed by atoms with van der Waals surface area (Å²) >= 11 is 5.91. The highest BCUT2D eigenvalue weighted by molar-refractivity contribution is 7.83. The molecular formula is C11H14ClN2O2P. The van der Waals surface area contributed by atoms with Crippen LogP contribution in [0.4, 0.5) is 5.69 Å². The summed E-state index contributed by atoms with van der Waals surface area (Å²) in [6.07, 6.45) is 1.53. The molecule has 0 saturated heterocycles. The molecule has 1 aromatic rings. The van der Waals surface area contributed by atoms with E-state index in [4.69, 9.17) is 16.0 Å². The number of halogens is 1. The van der Waals surface area contributed by atoms with Crippen molar-refractivity contribution >= 4 is 30.5 Å². The molecule has 1 aromatic carbocycles. The highest BCUT2D eigenvalue weighted by Gasteiger charge is 2.06. The van der Waals surface area contributed by atoms with Crippen LogP contribution in [-0.4, -0.2) is 19.6 Å². The van der Waals surface area contributed by atoms with Crippen LogP contribution in [0.1, 0.15) is 10.4 Å². The third-order valence-corrected chi connectivity index (χ3v) is 3.48. The average molecular weight is 273 g/mol. The fraction of sp³-hybridized carbons (Fsp3) is 0.182. The Bertz CT molecular complexity index is 384. The Kier molecular flexibility index (Phi) is 5.98. The summed E-state index contributed by atoms with van der Waals surface area (Å²) in [4.78, 5) is 11.5. The third kappa shape index (κ3) is 4.73. The van der Waals surface area contributed by atoms with Crippen LogP contribution in [0.15, 0.2) is 36.9 Å². The Morgan fingerprint density at radius 3 is 2.71 bits per heavy atom. The Balaban J connectivity index is 2.61. The Morgan fingerprint density at radius 1 is 1.53 bits per heavy atom. The molecule has 6 heteroatoms. The molecule has 92 valence electrons. The van der Waals surface area contributed by atoms with Gasteiger partial charge in [0.25, 0.3) is 0 Å². The number of rotatable bonds is 6. The first-order valence-corrected chi connectivity index (χ1v) is 7.20. The quantitative estimate of drug-likeness (QED) is 0.475. The maximum Gasteiger partial charge on any atom is 0.338 e. The van der Waals surface area contributed by atoms with Crippen LogP contribution < -0.4 is 10.2 Å². The van der Waals surface area contributed by atoms with Gasteiger partial charge in [0, 0.05) is 5.69 Å². The number of esters is 1. The molecule has 0 fully saturated rings. The van der Waals surface area contributed by atoms with E-state index in [9.17, 15) is 4.79 Å². The number of carbonyl (C=O) groups excluding carboxylic acids is 1. The topological polar surface area (TPSA) is 50.4 Å².